The van der Waals surface area contributed by atoms with Crippen LogP contribution >= 0.6 is 0 Å². The molecule has 1 aromatic heterocycles. The molecule has 7 heteroatoms. The Morgan fingerprint density at radius 1 is 1.29 bits per heavy atom. The van der Waals surface area contributed by atoms with E-state index >= 15 is 0 Å². The van der Waals surface area contributed by atoms with Crippen molar-refractivity contribution < 1.29 is 17.9 Å². The SMILES string of the molecule is COC(=O)c1cc(S(=O)(=O)NC2CCCCCC2)cn1C. The zero-order valence-electron chi connectivity index (χ0n) is 12.5. The van der Waals surface area contributed by atoms with Crippen LogP contribution in [0.4, 0.5) is 0 Å². The van der Waals surface area contributed by atoms with Crippen LogP contribution in [-0.4, -0.2) is 32.1 Å². The molecule has 0 radical (unpaired) electrons. The number of hydrogen-bond donors (Lipinski definition) is 1. The Morgan fingerprint density at radius 2 is 1.90 bits per heavy atom. The fraction of sp³-hybridized carbons (Fsp3) is 0.643. The molecule has 2 rings (SSSR count). The number of esters is 1. The number of ether oxygens (including phenoxy) is 1. The third-order valence-electron chi connectivity index (χ3n) is 3.86. The van der Waals surface area contributed by atoms with E-state index in [1.807, 2.05) is 0 Å². The number of nitrogens with zero attached hydrogens (tertiary/aromatic N) is 1. The lowest BCUT2D eigenvalue weighted by molar-refractivity contribution is 0.0590. The van der Waals surface area contributed by atoms with Gasteiger partial charge in [0.2, 0.25) is 10.0 Å². The monoisotopic (exact) mass is 314 g/mol. The first-order valence-corrected chi connectivity index (χ1v) is 8.69. The van der Waals surface area contributed by atoms with E-state index in [-0.39, 0.29) is 16.6 Å². The molecule has 1 heterocycles. The number of rotatable bonds is 4. The van der Waals surface area contributed by atoms with Gasteiger partial charge in [-0.25, -0.2) is 17.9 Å². The molecule has 0 bridgehead atoms. The van der Waals surface area contributed by atoms with E-state index in [1.165, 1.54) is 23.9 Å². The first-order chi connectivity index (χ1) is 9.94. The Labute approximate surface area is 125 Å². The number of carbonyl (C=O) groups excluding carboxylic acids is 1. The molecular formula is C14H22N2O4S. The van der Waals surface area contributed by atoms with Crippen LogP contribution in [-0.2, 0) is 21.8 Å². The highest BCUT2D eigenvalue weighted by atomic mass is 32.2. The fourth-order valence-electron chi connectivity index (χ4n) is 2.67. The van der Waals surface area contributed by atoms with Gasteiger partial charge in [0, 0.05) is 19.3 Å². The normalized spacial score (nSPS) is 17.4. The molecule has 1 N–H and O–H groups in total. The average Bonchev–Trinajstić information content (AvgIpc) is 2.67. The molecule has 0 atom stereocenters. The van der Waals surface area contributed by atoms with Gasteiger partial charge in [0.05, 0.1) is 7.11 Å². The van der Waals surface area contributed by atoms with Gasteiger partial charge >= 0.3 is 5.97 Å². The van der Waals surface area contributed by atoms with Gasteiger partial charge in [0.15, 0.2) is 0 Å². The summed E-state index contributed by atoms with van der Waals surface area (Å²) in [5.74, 6) is -0.548. The first kappa shape index (κ1) is 16.0. The highest BCUT2D eigenvalue weighted by Gasteiger charge is 2.24. The summed E-state index contributed by atoms with van der Waals surface area (Å²) in [4.78, 5) is 11.7. The van der Waals surface area contributed by atoms with Crippen LogP contribution in [0.25, 0.3) is 0 Å². The van der Waals surface area contributed by atoms with Crippen LogP contribution < -0.4 is 4.72 Å². The van der Waals surface area contributed by atoms with Gasteiger partial charge in [0.1, 0.15) is 10.6 Å². The van der Waals surface area contributed by atoms with Crippen LogP contribution in [0.3, 0.4) is 0 Å². The second-order valence-electron chi connectivity index (χ2n) is 5.47. The Balaban J connectivity index is 2.17. The Hall–Kier alpha value is -1.34. The van der Waals surface area contributed by atoms with Crippen LogP contribution in [0.15, 0.2) is 17.2 Å². The average molecular weight is 314 g/mol. The number of carbonyl (C=O) groups is 1. The third kappa shape index (κ3) is 3.85. The van der Waals surface area contributed by atoms with Crippen molar-refractivity contribution in [3.8, 4) is 0 Å². The maximum Gasteiger partial charge on any atom is 0.354 e. The summed E-state index contributed by atoms with van der Waals surface area (Å²) in [7, 11) is -0.705. The standard InChI is InChI=1S/C14H22N2O4S/c1-16-10-12(9-13(16)14(17)20-2)21(18,19)15-11-7-5-3-4-6-8-11/h9-11,15H,3-8H2,1-2H3. The minimum atomic E-state index is -3.60. The molecule has 1 aliphatic carbocycles. The summed E-state index contributed by atoms with van der Waals surface area (Å²) in [6.07, 6.45) is 7.61. The van der Waals surface area contributed by atoms with Crippen LogP contribution in [0.5, 0.6) is 0 Å². The third-order valence-corrected chi connectivity index (χ3v) is 5.35. The molecule has 0 amide bonds. The summed E-state index contributed by atoms with van der Waals surface area (Å²) in [6.45, 7) is 0. The predicted octanol–water partition coefficient (Wildman–Crippen LogP) is 1.81. The van der Waals surface area contributed by atoms with E-state index < -0.39 is 16.0 Å². The summed E-state index contributed by atoms with van der Waals surface area (Å²) >= 11 is 0. The topological polar surface area (TPSA) is 77.4 Å². The molecule has 0 aromatic carbocycles. The van der Waals surface area contributed by atoms with E-state index in [0.29, 0.717) is 0 Å². The molecule has 0 spiro atoms. The number of methoxy groups -OCH3 is 1. The summed E-state index contributed by atoms with van der Waals surface area (Å²) in [5.41, 5.74) is 0.221. The zero-order valence-corrected chi connectivity index (χ0v) is 13.3. The summed E-state index contributed by atoms with van der Waals surface area (Å²) in [6, 6.07) is 1.34. The molecule has 0 unspecified atom stereocenters. The van der Waals surface area contributed by atoms with Crippen molar-refractivity contribution in [2.45, 2.75) is 49.5 Å². The second kappa shape index (κ2) is 6.62. The molecule has 0 aliphatic heterocycles. The number of hydrogen-bond acceptors (Lipinski definition) is 4. The predicted molar refractivity (Wildman–Crippen MR) is 78.6 cm³/mol. The Morgan fingerprint density at radius 3 is 2.48 bits per heavy atom. The van der Waals surface area contributed by atoms with Gasteiger partial charge < -0.3 is 9.30 Å². The molecule has 0 saturated heterocycles. The molecule has 1 aliphatic rings. The molecular weight excluding hydrogens is 292 g/mol. The number of aromatic nitrogens is 1. The van der Waals surface area contributed by atoms with Gasteiger partial charge in [-0.15, -0.1) is 0 Å². The van der Waals surface area contributed by atoms with Crippen molar-refractivity contribution in [2.24, 2.45) is 7.05 Å². The van der Waals surface area contributed by atoms with E-state index in [0.717, 1.165) is 38.5 Å². The van der Waals surface area contributed by atoms with E-state index in [1.54, 1.807) is 7.05 Å². The van der Waals surface area contributed by atoms with Gasteiger partial charge in [-0.2, -0.15) is 0 Å². The van der Waals surface area contributed by atoms with Gasteiger partial charge in [0.25, 0.3) is 0 Å². The van der Waals surface area contributed by atoms with Gasteiger partial charge in [-0.05, 0) is 18.9 Å². The molecule has 6 nitrogen and oxygen atoms in total. The minimum absolute atomic E-state index is 0.0146. The number of aryl methyl sites for hydroxylation is 1. The van der Waals surface area contributed by atoms with Crippen LogP contribution in [0.1, 0.15) is 49.0 Å². The number of sulfonamides is 1. The lowest BCUT2D eigenvalue weighted by atomic mass is 10.1. The lowest BCUT2D eigenvalue weighted by Crippen LogP contribution is -2.34. The Bertz CT molecular complexity index is 598. The van der Waals surface area contributed by atoms with E-state index in [2.05, 4.69) is 9.46 Å². The summed E-state index contributed by atoms with van der Waals surface area (Å²) in [5, 5.41) is 0. The van der Waals surface area contributed by atoms with Crippen LogP contribution in [0, 0.1) is 0 Å². The molecule has 118 valence electrons. The highest BCUT2D eigenvalue weighted by molar-refractivity contribution is 7.89. The van der Waals surface area contributed by atoms with Crippen molar-refractivity contribution in [1.29, 1.82) is 0 Å². The summed E-state index contributed by atoms with van der Waals surface area (Å²) < 4.78 is 33.7. The van der Waals surface area contributed by atoms with Crippen molar-refractivity contribution in [2.75, 3.05) is 7.11 Å². The van der Waals surface area contributed by atoms with E-state index in [4.69, 9.17) is 0 Å². The maximum atomic E-state index is 12.4. The van der Waals surface area contributed by atoms with Crippen molar-refractivity contribution >= 4 is 16.0 Å². The van der Waals surface area contributed by atoms with Crippen molar-refractivity contribution in [3.05, 3.63) is 18.0 Å². The zero-order chi connectivity index (χ0) is 15.5. The van der Waals surface area contributed by atoms with Gasteiger partial charge in [-0.3, -0.25) is 0 Å². The lowest BCUT2D eigenvalue weighted by Gasteiger charge is -2.15. The first-order valence-electron chi connectivity index (χ1n) is 7.21. The van der Waals surface area contributed by atoms with Gasteiger partial charge in [-0.1, -0.05) is 25.7 Å². The van der Waals surface area contributed by atoms with E-state index in [9.17, 15) is 13.2 Å². The fourth-order valence-corrected chi connectivity index (χ4v) is 4.05. The quantitative estimate of drug-likeness (QED) is 0.679. The minimum Gasteiger partial charge on any atom is -0.464 e. The molecule has 21 heavy (non-hydrogen) atoms. The largest absolute Gasteiger partial charge is 0.464 e. The van der Waals surface area contributed by atoms with Crippen molar-refractivity contribution in [3.63, 3.8) is 0 Å². The molecule has 1 fully saturated rings. The smallest absolute Gasteiger partial charge is 0.354 e. The Kier molecular flexibility index (Phi) is 5.05. The van der Waals surface area contributed by atoms with Crippen LogP contribution in [0.2, 0.25) is 0 Å². The molecule has 1 saturated carbocycles. The highest BCUT2D eigenvalue weighted by Crippen LogP contribution is 2.20. The number of nitrogens with one attached hydrogen (secondary N) is 1. The van der Waals surface area contributed by atoms with Crippen molar-refractivity contribution in [1.82, 2.24) is 9.29 Å². The molecule has 1 aromatic rings. The second-order valence-corrected chi connectivity index (χ2v) is 7.19. The maximum absolute atomic E-state index is 12.4.